The number of rotatable bonds is 3. The molecule has 0 aliphatic carbocycles. The lowest BCUT2D eigenvalue weighted by atomic mass is 10.0. The Hall–Kier alpha value is -1.76. The first-order chi connectivity index (χ1) is 7.15. The molecule has 0 aliphatic heterocycles. The van der Waals surface area contributed by atoms with Crippen LogP contribution in [0.3, 0.4) is 0 Å². The molecule has 0 N–H and O–H groups in total. The molecule has 0 spiro atoms. The molecule has 15 heavy (non-hydrogen) atoms. The number of halogens is 1. The molecular weight excluding hydrogens is 197 g/mol. The van der Waals surface area contributed by atoms with Gasteiger partial charge in [-0.3, -0.25) is 0 Å². The Bertz CT molecular complexity index is 398. The van der Waals surface area contributed by atoms with E-state index in [9.17, 15) is 4.39 Å². The Morgan fingerprint density at radius 2 is 2.00 bits per heavy atom. The van der Waals surface area contributed by atoms with Crippen LogP contribution in [0.2, 0.25) is 0 Å². The highest BCUT2D eigenvalue weighted by molar-refractivity contribution is 5.45. The van der Waals surface area contributed by atoms with E-state index in [1.165, 1.54) is 20.3 Å². The van der Waals surface area contributed by atoms with E-state index >= 15 is 0 Å². The van der Waals surface area contributed by atoms with E-state index in [4.69, 9.17) is 14.7 Å². The number of nitrogens with zero attached hydrogens (tertiary/aromatic N) is 1. The normalized spacial score (nSPS) is 11.7. The van der Waals surface area contributed by atoms with Crippen LogP contribution in [0, 0.1) is 17.1 Å². The van der Waals surface area contributed by atoms with Crippen LogP contribution in [-0.4, -0.2) is 14.2 Å². The summed E-state index contributed by atoms with van der Waals surface area (Å²) in [5.41, 5.74) is 0.526. The molecule has 1 atom stereocenters. The van der Waals surface area contributed by atoms with Crippen molar-refractivity contribution >= 4 is 0 Å². The number of hydrogen-bond acceptors (Lipinski definition) is 3. The maximum Gasteiger partial charge on any atom is 0.207 e. The first-order valence-electron chi connectivity index (χ1n) is 4.45. The monoisotopic (exact) mass is 209 g/mol. The molecule has 0 saturated heterocycles. The van der Waals surface area contributed by atoms with E-state index < -0.39 is 11.7 Å². The fourth-order valence-electron chi connectivity index (χ4n) is 1.33. The highest BCUT2D eigenvalue weighted by atomic mass is 19.1. The van der Waals surface area contributed by atoms with Crippen molar-refractivity contribution < 1.29 is 13.9 Å². The van der Waals surface area contributed by atoms with Crippen LogP contribution in [-0.2, 0) is 0 Å². The summed E-state index contributed by atoms with van der Waals surface area (Å²) in [5, 5.41) is 8.77. The molecule has 0 fully saturated rings. The summed E-state index contributed by atoms with van der Waals surface area (Å²) in [5.74, 6) is -0.802. The molecule has 0 amide bonds. The van der Waals surface area contributed by atoms with Crippen molar-refractivity contribution in [1.82, 2.24) is 0 Å². The second kappa shape index (κ2) is 4.65. The van der Waals surface area contributed by atoms with Crippen LogP contribution < -0.4 is 9.47 Å². The minimum Gasteiger partial charge on any atom is -0.494 e. The van der Waals surface area contributed by atoms with Gasteiger partial charge < -0.3 is 9.47 Å². The maximum atomic E-state index is 13.7. The zero-order chi connectivity index (χ0) is 11.4. The van der Waals surface area contributed by atoms with Crippen LogP contribution in [0.4, 0.5) is 4.39 Å². The lowest BCUT2D eigenvalue weighted by Gasteiger charge is -2.12. The zero-order valence-corrected chi connectivity index (χ0v) is 8.87. The average molecular weight is 209 g/mol. The lowest BCUT2D eigenvalue weighted by molar-refractivity contribution is 0.347. The van der Waals surface area contributed by atoms with Gasteiger partial charge in [0.05, 0.1) is 26.2 Å². The van der Waals surface area contributed by atoms with Gasteiger partial charge in [0.2, 0.25) is 5.82 Å². The van der Waals surface area contributed by atoms with Gasteiger partial charge in [-0.15, -0.1) is 0 Å². The summed E-state index contributed by atoms with van der Waals surface area (Å²) in [4.78, 5) is 0. The summed E-state index contributed by atoms with van der Waals surface area (Å²) in [6.07, 6.45) is 0. The number of ether oxygens (including phenoxy) is 2. The molecule has 1 aromatic carbocycles. The first-order valence-corrected chi connectivity index (χ1v) is 4.45. The number of hydrogen-bond donors (Lipinski definition) is 0. The highest BCUT2D eigenvalue weighted by Gasteiger charge is 2.18. The zero-order valence-electron chi connectivity index (χ0n) is 8.87. The van der Waals surface area contributed by atoms with Crippen LogP contribution in [0.15, 0.2) is 12.1 Å². The Labute approximate surface area is 88.0 Å². The predicted octanol–water partition coefficient (Wildman–Crippen LogP) is 2.47. The SMILES string of the molecule is COc1ccc(C(C)C#N)c(OC)c1F. The van der Waals surface area contributed by atoms with Crippen LogP contribution >= 0.6 is 0 Å². The van der Waals surface area contributed by atoms with E-state index in [1.54, 1.807) is 13.0 Å². The third-order valence-electron chi connectivity index (χ3n) is 2.18. The topological polar surface area (TPSA) is 42.2 Å². The van der Waals surface area contributed by atoms with Gasteiger partial charge in [0.15, 0.2) is 11.5 Å². The van der Waals surface area contributed by atoms with Crippen molar-refractivity contribution in [3.63, 3.8) is 0 Å². The molecule has 1 aromatic rings. The molecule has 0 bridgehead atoms. The fourth-order valence-corrected chi connectivity index (χ4v) is 1.33. The van der Waals surface area contributed by atoms with Crippen molar-refractivity contribution in [2.45, 2.75) is 12.8 Å². The largest absolute Gasteiger partial charge is 0.494 e. The molecular formula is C11H12FNO2. The van der Waals surface area contributed by atoms with E-state index in [2.05, 4.69) is 0 Å². The average Bonchev–Trinajstić information content (AvgIpc) is 2.27. The van der Waals surface area contributed by atoms with E-state index in [0.717, 1.165) is 0 Å². The molecule has 0 radical (unpaired) electrons. The van der Waals surface area contributed by atoms with Crippen LogP contribution in [0.1, 0.15) is 18.4 Å². The summed E-state index contributed by atoms with van der Waals surface area (Å²) >= 11 is 0. The van der Waals surface area contributed by atoms with Crippen LogP contribution in [0.25, 0.3) is 0 Å². The summed E-state index contributed by atoms with van der Waals surface area (Å²) in [7, 11) is 2.75. The lowest BCUT2D eigenvalue weighted by Crippen LogP contribution is -2.00. The van der Waals surface area contributed by atoms with Crippen molar-refractivity contribution in [3.8, 4) is 17.6 Å². The van der Waals surface area contributed by atoms with Gasteiger partial charge in [0, 0.05) is 5.56 Å². The fraction of sp³-hybridized carbons (Fsp3) is 0.364. The molecule has 1 unspecified atom stereocenters. The van der Waals surface area contributed by atoms with E-state index in [1.807, 2.05) is 6.07 Å². The van der Waals surface area contributed by atoms with Crippen molar-refractivity contribution in [1.29, 1.82) is 5.26 Å². The minimum atomic E-state index is -0.570. The third-order valence-corrected chi connectivity index (χ3v) is 2.18. The predicted molar refractivity (Wildman–Crippen MR) is 53.5 cm³/mol. The van der Waals surface area contributed by atoms with Crippen LogP contribution in [0.5, 0.6) is 11.5 Å². The first kappa shape index (κ1) is 11.3. The number of nitriles is 1. The minimum absolute atomic E-state index is 0.0726. The molecule has 0 aliphatic rings. The highest BCUT2D eigenvalue weighted by Crippen LogP contribution is 2.34. The van der Waals surface area contributed by atoms with E-state index in [-0.39, 0.29) is 11.5 Å². The van der Waals surface area contributed by atoms with Crippen molar-refractivity contribution in [2.75, 3.05) is 14.2 Å². The summed E-state index contributed by atoms with van der Waals surface area (Å²) in [6, 6.07) is 5.15. The summed E-state index contributed by atoms with van der Waals surface area (Å²) in [6.45, 7) is 1.68. The van der Waals surface area contributed by atoms with Gasteiger partial charge in [-0.05, 0) is 13.0 Å². The molecule has 0 saturated carbocycles. The molecule has 0 aromatic heterocycles. The number of benzene rings is 1. The van der Waals surface area contributed by atoms with Gasteiger partial charge in [-0.25, -0.2) is 0 Å². The smallest absolute Gasteiger partial charge is 0.207 e. The van der Waals surface area contributed by atoms with E-state index in [0.29, 0.717) is 5.56 Å². The molecule has 4 heteroatoms. The summed E-state index contributed by atoms with van der Waals surface area (Å²) < 4.78 is 23.4. The Balaban J connectivity index is 3.32. The standard InChI is InChI=1S/C11H12FNO2/c1-7(6-13)8-4-5-9(14-2)10(12)11(8)15-3/h4-5,7H,1-3H3. The van der Waals surface area contributed by atoms with Crippen molar-refractivity contribution in [3.05, 3.63) is 23.5 Å². The second-order valence-electron chi connectivity index (χ2n) is 3.06. The van der Waals surface area contributed by atoms with Gasteiger partial charge in [-0.1, -0.05) is 6.07 Å². The maximum absolute atomic E-state index is 13.7. The molecule has 0 heterocycles. The Kier molecular flexibility index (Phi) is 3.51. The quantitative estimate of drug-likeness (QED) is 0.767. The molecule has 80 valence electrons. The van der Waals surface area contributed by atoms with Gasteiger partial charge >= 0.3 is 0 Å². The Morgan fingerprint density at radius 3 is 2.47 bits per heavy atom. The molecule has 1 rings (SSSR count). The van der Waals surface area contributed by atoms with Gasteiger partial charge in [0.25, 0.3) is 0 Å². The van der Waals surface area contributed by atoms with Crippen molar-refractivity contribution in [2.24, 2.45) is 0 Å². The van der Waals surface area contributed by atoms with Gasteiger partial charge in [0.1, 0.15) is 0 Å². The van der Waals surface area contributed by atoms with Gasteiger partial charge in [-0.2, -0.15) is 9.65 Å². The molecule has 3 nitrogen and oxygen atoms in total. The second-order valence-corrected chi connectivity index (χ2v) is 3.06. The number of methoxy groups -OCH3 is 2. The third kappa shape index (κ3) is 2.01. The Morgan fingerprint density at radius 1 is 1.33 bits per heavy atom.